The van der Waals surface area contributed by atoms with Gasteiger partial charge in [-0.2, -0.15) is 0 Å². The quantitative estimate of drug-likeness (QED) is 0.532. The molecule has 0 aromatic heterocycles. The normalized spacial score (nSPS) is 11.0. The van der Waals surface area contributed by atoms with Crippen LogP contribution < -0.4 is 0 Å². The molecule has 1 aromatic rings. The van der Waals surface area contributed by atoms with E-state index in [4.69, 9.17) is 14.2 Å². The number of hydrogen-bond acceptors (Lipinski definition) is 3. The molecule has 3 heteroatoms. The van der Waals surface area contributed by atoms with E-state index in [0.717, 1.165) is 39.1 Å². The van der Waals surface area contributed by atoms with Gasteiger partial charge in [-0.05, 0) is 36.0 Å². The van der Waals surface area contributed by atoms with Crippen molar-refractivity contribution >= 4 is 0 Å². The molecule has 0 saturated carbocycles. The van der Waals surface area contributed by atoms with Gasteiger partial charge in [0.15, 0.2) is 0 Å². The van der Waals surface area contributed by atoms with Gasteiger partial charge in [0, 0.05) is 19.8 Å². The standard InChI is InChI=1S/C18H30O3/c1-4-9-19-13-16-7-8-17(14-20-10-5-2)18(12-16)15-21-11-6-3/h7-8,12H,4-6,9-11,13-15H2,1-3H3. The predicted molar refractivity (Wildman–Crippen MR) is 86.3 cm³/mol. The van der Waals surface area contributed by atoms with E-state index in [0.29, 0.717) is 19.8 Å². The zero-order valence-corrected chi connectivity index (χ0v) is 13.8. The monoisotopic (exact) mass is 294 g/mol. The summed E-state index contributed by atoms with van der Waals surface area (Å²) < 4.78 is 17.0. The van der Waals surface area contributed by atoms with Gasteiger partial charge >= 0.3 is 0 Å². The fourth-order valence-corrected chi connectivity index (χ4v) is 2.03. The van der Waals surface area contributed by atoms with Gasteiger partial charge in [0.2, 0.25) is 0 Å². The minimum absolute atomic E-state index is 0.653. The first-order valence-electron chi connectivity index (χ1n) is 8.15. The maximum Gasteiger partial charge on any atom is 0.0720 e. The first kappa shape index (κ1) is 18.1. The molecule has 0 aliphatic carbocycles. The van der Waals surface area contributed by atoms with Gasteiger partial charge < -0.3 is 14.2 Å². The Morgan fingerprint density at radius 1 is 0.667 bits per heavy atom. The SMILES string of the molecule is CCCOCc1ccc(COCCC)c(COCCC)c1. The fourth-order valence-electron chi connectivity index (χ4n) is 2.03. The number of benzene rings is 1. The van der Waals surface area contributed by atoms with Crippen LogP contribution in [0.4, 0.5) is 0 Å². The van der Waals surface area contributed by atoms with Crippen molar-refractivity contribution in [1.82, 2.24) is 0 Å². The second-order valence-corrected chi connectivity index (χ2v) is 5.26. The molecule has 0 N–H and O–H groups in total. The van der Waals surface area contributed by atoms with E-state index in [9.17, 15) is 0 Å². The molecule has 21 heavy (non-hydrogen) atoms. The first-order chi connectivity index (χ1) is 10.3. The van der Waals surface area contributed by atoms with Gasteiger partial charge in [-0.3, -0.25) is 0 Å². The average Bonchev–Trinajstić information content (AvgIpc) is 2.50. The van der Waals surface area contributed by atoms with Crippen LogP contribution in [0.25, 0.3) is 0 Å². The maximum absolute atomic E-state index is 5.70. The Labute approximate surface area is 129 Å². The van der Waals surface area contributed by atoms with E-state index in [1.807, 2.05) is 0 Å². The number of ether oxygens (including phenoxy) is 3. The van der Waals surface area contributed by atoms with Crippen LogP contribution >= 0.6 is 0 Å². The zero-order chi connectivity index (χ0) is 15.3. The van der Waals surface area contributed by atoms with E-state index in [1.54, 1.807) is 0 Å². The molecule has 1 aromatic carbocycles. The van der Waals surface area contributed by atoms with E-state index >= 15 is 0 Å². The molecule has 0 spiro atoms. The third-order valence-corrected chi connectivity index (χ3v) is 3.10. The molecular weight excluding hydrogens is 264 g/mol. The molecule has 0 bridgehead atoms. The van der Waals surface area contributed by atoms with Crippen LogP contribution in [-0.2, 0) is 34.0 Å². The summed E-state index contributed by atoms with van der Waals surface area (Å²) in [7, 11) is 0. The smallest absolute Gasteiger partial charge is 0.0720 e. The summed E-state index contributed by atoms with van der Waals surface area (Å²) in [5.41, 5.74) is 3.65. The largest absolute Gasteiger partial charge is 0.377 e. The zero-order valence-electron chi connectivity index (χ0n) is 13.8. The summed E-state index contributed by atoms with van der Waals surface area (Å²) in [5, 5.41) is 0. The van der Waals surface area contributed by atoms with E-state index < -0.39 is 0 Å². The fraction of sp³-hybridized carbons (Fsp3) is 0.667. The van der Waals surface area contributed by atoms with Crippen LogP contribution in [0.3, 0.4) is 0 Å². The Morgan fingerprint density at radius 2 is 1.19 bits per heavy atom. The molecule has 0 saturated heterocycles. The highest BCUT2D eigenvalue weighted by Crippen LogP contribution is 2.16. The summed E-state index contributed by atoms with van der Waals surface area (Å²) in [6.07, 6.45) is 3.14. The maximum atomic E-state index is 5.70. The minimum Gasteiger partial charge on any atom is -0.377 e. The van der Waals surface area contributed by atoms with Crippen molar-refractivity contribution in [3.05, 3.63) is 34.9 Å². The Morgan fingerprint density at radius 3 is 1.76 bits per heavy atom. The summed E-state index contributed by atoms with van der Waals surface area (Å²) in [6.45, 7) is 10.8. The molecular formula is C18H30O3. The van der Waals surface area contributed by atoms with E-state index in [-0.39, 0.29) is 0 Å². The molecule has 0 fully saturated rings. The molecule has 0 aliphatic heterocycles. The number of hydrogen-bond donors (Lipinski definition) is 0. The van der Waals surface area contributed by atoms with Crippen LogP contribution in [0.15, 0.2) is 18.2 Å². The van der Waals surface area contributed by atoms with Crippen molar-refractivity contribution in [2.45, 2.75) is 59.9 Å². The third kappa shape index (κ3) is 7.60. The van der Waals surface area contributed by atoms with Crippen LogP contribution in [0.2, 0.25) is 0 Å². The van der Waals surface area contributed by atoms with E-state index in [2.05, 4.69) is 39.0 Å². The molecule has 0 unspecified atom stereocenters. The summed E-state index contributed by atoms with van der Waals surface area (Å²) in [6, 6.07) is 6.46. The Bertz CT molecular complexity index is 377. The lowest BCUT2D eigenvalue weighted by molar-refractivity contribution is 0.106. The van der Waals surface area contributed by atoms with Crippen LogP contribution in [0, 0.1) is 0 Å². The molecule has 3 nitrogen and oxygen atoms in total. The highest BCUT2D eigenvalue weighted by atomic mass is 16.5. The summed E-state index contributed by atoms with van der Waals surface area (Å²) in [5.74, 6) is 0. The van der Waals surface area contributed by atoms with Crippen molar-refractivity contribution in [2.75, 3.05) is 19.8 Å². The molecule has 0 heterocycles. The number of rotatable bonds is 12. The Balaban J connectivity index is 2.65. The average molecular weight is 294 g/mol. The van der Waals surface area contributed by atoms with Crippen LogP contribution in [-0.4, -0.2) is 19.8 Å². The van der Waals surface area contributed by atoms with Gasteiger partial charge in [0.25, 0.3) is 0 Å². The first-order valence-corrected chi connectivity index (χ1v) is 8.15. The molecule has 120 valence electrons. The molecule has 0 atom stereocenters. The van der Waals surface area contributed by atoms with Crippen LogP contribution in [0.1, 0.15) is 56.7 Å². The Kier molecular flexibility index (Phi) is 10.1. The molecule has 0 amide bonds. The lowest BCUT2D eigenvalue weighted by Crippen LogP contribution is -2.04. The van der Waals surface area contributed by atoms with Gasteiger partial charge in [-0.25, -0.2) is 0 Å². The van der Waals surface area contributed by atoms with Crippen molar-refractivity contribution < 1.29 is 14.2 Å². The van der Waals surface area contributed by atoms with Crippen molar-refractivity contribution in [3.63, 3.8) is 0 Å². The summed E-state index contributed by atoms with van der Waals surface area (Å²) in [4.78, 5) is 0. The van der Waals surface area contributed by atoms with Gasteiger partial charge in [-0.15, -0.1) is 0 Å². The second-order valence-electron chi connectivity index (χ2n) is 5.26. The van der Waals surface area contributed by atoms with E-state index in [1.165, 1.54) is 16.7 Å². The summed E-state index contributed by atoms with van der Waals surface area (Å²) >= 11 is 0. The highest BCUT2D eigenvalue weighted by Gasteiger charge is 2.05. The highest BCUT2D eigenvalue weighted by molar-refractivity contribution is 5.31. The van der Waals surface area contributed by atoms with Gasteiger partial charge in [0.1, 0.15) is 0 Å². The van der Waals surface area contributed by atoms with Crippen molar-refractivity contribution in [3.8, 4) is 0 Å². The van der Waals surface area contributed by atoms with Crippen LogP contribution in [0.5, 0.6) is 0 Å². The molecule has 0 radical (unpaired) electrons. The molecule has 0 aliphatic rings. The van der Waals surface area contributed by atoms with Crippen molar-refractivity contribution in [2.24, 2.45) is 0 Å². The predicted octanol–water partition coefficient (Wildman–Crippen LogP) is 4.47. The van der Waals surface area contributed by atoms with Gasteiger partial charge in [0.05, 0.1) is 19.8 Å². The second kappa shape index (κ2) is 11.7. The van der Waals surface area contributed by atoms with Gasteiger partial charge in [-0.1, -0.05) is 39.0 Å². The lowest BCUT2D eigenvalue weighted by Gasteiger charge is -2.13. The molecule has 1 rings (SSSR count). The third-order valence-electron chi connectivity index (χ3n) is 3.10. The lowest BCUT2D eigenvalue weighted by atomic mass is 10.1. The topological polar surface area (TPSA) is 27.7 Å². The van der Waals surface area contributed by atoms with Crippen molar-refractivity contribution in [1.29, 1.82) is 0 Å². The minimum atomic E-state index is 0.653. The Hall–Kier alpha value is -0.900.